The Morgan fingerprint density at radius 1 is 1.05 bits per heavy atom. The van der Waals surface area contributed by atoms with Crippen LogP contribution in [0.2, 0.25) is 0 Å². The Bertz CT molecular complexity index is 433. The van der Waals surface area contributed by atoms with Crippen LogP contribution in [0.15, 0.2) is 54.9 Å². The molecule has 0 bridgehead atoms. The van der Waals surface area contributed by atoms with Crippen LogP contribution in [0.4, 0.5) is 0 Å². The summed E-state index contributed by atoms with van der Waals surface area (Å²) in [5.74, 6) is 0. The zero-order chi connectivity index (χ0) is 14.0. The van der Waals surface area contributed by atoms with Gasteiger partial charge in [0.25, 0.3) is 0 Å². The van der Waals surface area contributed by atoms with Gasteiger partial charge in [-0.3, -0.25) is 4.98 Å². The van der Waals surface area contributed by atoms with Crippen molar-refractivity contribution in [2.24, 2.45) is 0 Å². The summed E-state index contributed by atoms with van der Waals surface area (Å²) < 4.78 is 5.40. The molecule has 0 aliphatic heterocycles. The first-order valence-corrected chi connectivity index (χ1v) is 7.27. The third kappa shape index (κ3) is 4.44. The maximum atomic E-state index is 5.40. The van der Waals surface area contributed by atoms with Crippen molar-refractivity contribution < 1.29 is 10.1 Å². The number of ether oxygens (including phenoxy) is 1. The number of benzene rings is 1. The van der Waals surface area contributed by atoms with E-state index in [0.717, 1.165) is 26.2 Å². The number of aromatic nitrogens is 1. The minimum atomic E-state index is 0.334. The molecule has 0 aliphatic carbocycles. The molecule has 2 N–H and O–H groups in total. The van der Waals surface area contributed by atoms with Crippen molar-refractivity contribution in [3.8, 4) is 0 Å². The molecule has 106 valence electrons. The Hall–Kier alpha value is -1.71. The van der Waals surface area contributed by atoms with Crippen molar-refractivity contribution in [2.45, 2.75) is 19.4 Å². The lowest BCUT2D eigenvalue weighted by atomic mass is 9.99. The molecule has 0 unspecified atom stereocenters. The van der Waals surface area contributed by atoms with Crippen LogP contribution >= 0.6 is 0 Å². The third-order valence-electron chi connectivity index (χ3n) is 3.32. The maximum Gasteiger partial charge on any atom is 0.137 e. The zero-order valence-corrected chi connectivity index (χ0v) is 12.0. The van der Waals surface area contributed by atoms with Crippen molar-refractivity contribution in [2.75, 3.05) is 19.8 Å². The summed E-state index contributed by atoms with van der Waals surface area (Å²) in [6, 6.07) is 15.1. The summed E-state index contributed by atoms with van der Waals surface area (Å²) in [4.78, 5) is 4.11. The van der Waals surface area contributed by atoms with E-state index in [1.807, 2.05) is 19.3 Å². The monoisotopic (exact) mass is 271 g/mol. The van der Waals surface area contributed by atoms with Gasteiger partial charge in [0.1, 0.15) is 6.04 Å². The van der Waals surface area contributed by atoms with Gasteiger partial charge in [-0.05, 0) is 19.1 Å². The van der Waals surface area contributed by atoms with Crippen LogP contribution < -0.4 is 5.32 Å². The van der Waals surface area contributed by atoms with Gasteiger partial charge in [0, 0.05) is 36.5 Å². The first-order chi connectivity index (χ1) is 9.92. The molecule has 1 atom stereocenters. The van der Waals surface area contributed by atoms with Crippen molar-refractivity contribution in [1.82, 2.24) is 4.98 Å². The van der Waals surface area contributed by atoms with Crippen molar-refractivity contribution >= 4 is 0 Å². The van der Waals surface area contributed by atoms with E-state index < -0.39 is 0 Å². The molecule has 2 aromatic rings. The normalized spacial score (nSPS) is 12.2. The lowest BCUT2D eigenvalue weighted by Crippen LogP contribution is -2.85. The molecule has 3 nitrogen and oxygen atoms in total. The van der Waals surface area contributed by atoms with Gasteiger partial charge in [-0.15, -0.1) is 0 Å². The van der Waals surface area contributed by atoms with E-state index in [-0.39, 0.29) is 0 Å². The van der Waals surface area contributed by atoms with Crippen molar-refractivity contribution in [3.63, 3.8) is 0 Å². The molecule has 0 saturated carbocycles. The average molecular weight is 271 g/mol. The van der Waals surface area contributed by atoms with Gasteiger partial charge in [0.2, 0.25) is 0 Å². The number of pyridine rings is 1. The second kappa shape index (κ2) is 8.46. The number of rotatable bonds is 8. The van der Waals surface area contributed by atoms with Crippen LogP contribution in [0, 0.1) is 0 Å². The number of hydrogen-bond acceptors (Lipinski definition) is 2. The summed E-state index contributed by atoms with van der Waals surface area (Å²) in [5.41, 5.74) is 2.62. The lowest BCUT2D eigenvalue weighted by molar-refractivity contribution is -0.687. The lowest BCUT2D eigenvalue weighted by Gasteiger charge is -2.16. The van der Waals surface area contributed by atoms with E-state index in [1.165, 1.54) is 11.1 Å². The quantitative estimate of drug-likeness (QED) is 0.747. The molecular formula is C17H23N2O+. The smallest absolute Gasteiger partial charge is 0.137 e. The Morgan fingerprint density at radius 2 is 1.75 bits per heavy atom. The van der Waals surface area contributed by atoms with Gasteiger partial charge in [-0.25, -0.2) is 0 Å². The van der Waals surface area contributed by atoms with Gasteiger partial charge in [0.15, 0.2) is 0 Å². The third-order valence-corrected chi connectivity index (χ3v) is 3.32. The fraction of sp³-hybridized carbons (Fsp3) is 0.353. The largest absolute Gasteiger partial charge is 0.382 e. The average Bonchev–Trinajstić information content (AvgIpc) is 2.53. The summed E-state index contributed by atoms with van der Waals surface area (Å²) in [5, 5.41) is 2.38. The van der Waals surface area contributed by atoms with Gasteiger partial charge < -0.3 is 10.1 Å². The van der Waals surface area contributed by atoms with Crippen LogP contribution in [-0.4, -0.2) is 24.7 Å². The summed E-state index contributed by atoms with van der Waals surface area (Å²) >= 11 is 0. The Balaban J connectivity index is 2.02. The Kier molecular flexibility index (Phi) is 6.21. The zero-order valence-electron chi connectivity index (χ0n) is 12.0. The fourth-order valence-corrected chi connectivity index (χ4v) is 2.31. The van der Waals surface area contributed by atoms with Crippen LogP contribution in [-0.2, 0) is 4.74 Å². The Labute approximate surface area is 121 Å². The second-order valence-corrected chi connectivity index (χ2v) is 4.74. The van der Waals surface area contributed by atoms with E-state index in [4.69, 9.17) is 4.74 Å². The highest BCUT2D eigenvalue weighted by atomic mass is 16.5. The molecular weight excluding hydrogens is 248 g/mol. The molecule has 0 spiro atoms. The molecule has 0 radical (unpaired) electrons. The first kappa shape index (κ1) is 14.7. The molecule has 2 rings (SSSR count). The van der Waals surface area contributed by atoms with E-state index in [0.29, 0.717) is 6.04 Å². The molecule has 20 heavy (non-hydrogen) atoms. The standard InChI is InChI=1S/C17H22N2O/c1-2-20-14-6-11-19-17(15-7-4-3-5-8-15)16-9-12-18-13-10-16/h3-5,7-10,12-13,17,19H,2,6,11,14H2,1H3/p+1/t17-/m1/s1. The predicted octanol–water partition coefficient (Wildman–Crippen LogP) is 2.16. The summed E-state index contributed by atoms with van der Waals surface area (Å²) in [6.45, 7) is 4.73. The highest BCUT2D eigenvalue weighted by Crippen LogP contribution is 2.16. The minimum absolute atomic E-state index is 0.334. The number of nitrogens with zero attached hydrogens (tertiary/aromatic N) is 1. The van der Waals surface area contributed by atoms with Crippen LogP contribution in [0.5, 0.6) is 0 Å². The minimum Gasteiger partial charge on any atom is -0.382 e. The van der Waals surface area contributed by atoms with Gasteiger partial charge in [0.05, 0.1) is 13.2 Å². The first-order valence-electron chi connectivity index (χ1n) is 7.27. The van der Waals surface area contributed by atoms with Crippen LogP contribution in [0.25, 0.3) is 0 Å². The molecule has 0 amide bonds. The highest BCUT2D eigenvalue weighted by Gasteiger charge is 2.16. The van der Waals surface area contributed by atoms with Gasteiger partial charge >= 0.3 is 0 Å². The van der Waals surface area contributed by atoms with Gasteiger partial charge in [-0.1, -0.05) is 30.3 Å². The van der Waals surface area contributed by atoms with E-state index in [1.54, 1.807) is 0 Å². The highest BCUT2D eigenvalue weighted by molar-refractivity contribution is 5.27. The van der Waals surface area contributed by atoms with Crippen LogP contribution in [0.1, 0.15) is 30.5 Å². The molecule has 0 fully saturated rings. The maximum absolute atomic E-state index is 5.40. The van der Waals surface area contributed by atoms with E-state index in [2.05, 4.69) is 52.8 Å². The number of nitrogens with two attached hydrogens (primary N) is 1. The molecule has 3 heteroatoms. The summed E-state index contributed by atoms with van der Waals surface area (Å²) in [6.07, 6.45) is 4.79. The fourth-order valence-electron chi connectivity index (χ4n) is 2.31. The Morgan fingerprint density at radius 3 is 2.45 bits per heavy atom. The summed E-state index contributed by atoms with van der Waals surface area (Å²) in [7, 11) is 0. The number of quaternary nitrogens is 1. The predicted molar refractivity (Wildman–Crippen MR) is 80.4 cm³/mol. The SMILES string of the molecule is CCOCCC[NH2+][C@H](c1ccccc1)c1ccncc1. The second-order valence-electron chi connectivity index (χ2n) is 4.74. The van der Waals surface area contributed by atoms with Crippen LogP contribution in [0.3, 0.4) is 0 Å². The van der Waals surface area contributed by atoms with Gasteiger partial charge in [-0.2, -0.15) is 0 Å². The van der Waals surface area contributed by atoms with Crippen molar-refractivity contribution in [3.05, 3.63) is 66.0 Å². The van der Waals surface area contributed by atoms with Crippen molar-refractivity contribution in [1.29, 1.82) is 0 Å². The molecule has 0 aliphatic rings. The topological polar surface area (TPSA) is 38.7 Å². The van der Waals surface area contributed by atoms with E-state index >= 15 is 0 Å². The molecule has 0 saturated heterocycles. The number of hydrogen-bond donors (Lipinski definition) is 1. The molecule has 1 aromatic heterocycles. The molecule has 1 aromatic carbocycles. The molecule has 1 heterocycles. The van der Waals surface area contributed by atoms with E-state index in [9.17, 15) is 0 Å².